The summed E-state index contributed by atoms with van der Waals surface area (Å²) in [6.45, 7) is 10.0. The lowest BCUT2D eigenvalue weighted by Gasteiger charge is -2.33. The molecule has 150 valence electrons. The van der Waals surface area contributed by atoms with Gasteiger partial charge in [-0.15, -0.1) is 0 Å². The molecule has 0 saturated heterocycles. The van der Waals surface area contributed by atoms with Gasteiger partial charge in [0, 0.05) is 12.5 Å². The minimum Gasteiger partial charge on any atom is -0.466 e. The third-order valence-corrected chi connectivity index (χ3v) is 4.84. The zero-order valence-corrected chi connectivity index (χ0v) is 17.4. The maximum Gasteiger partial charge on any atom is 0.330 e. The minimum absolute atomic E-state index is 0.138. The molecule has 0 rings (SSSR count). The van der Waals surface area contributed by atoms with Gasteiger partial charge in [-0.2, -0.15) is 0 Å². The number of carbonyl (C=O) groups is 1. The van der Waals surface area contributed by atoms with E-state index in [0.717, 1.165) is 24.8 Å². The largest absolute Gasteiger partial charge is 0.466 e. The van der Waals surface area contributed by atoms with Crippen molar-refractivity contribution in [3.05, 3.63) is 36.0 Å². The van der Waals surface area contributed by atoms with Crippen LogP contribution in [0.15, 0.2) is 36.0 Å². The molecule has 2 N–H and O–H groups in total. The topological polar surface area (TPSA) is 66.8 Å². The van der Waals surface area contributed by atoms with Crippen molar-refractivity contribution in [2.24, 2.45) is 5.92 Å². The molecule has 0 radical (unpaired) electrons. The quantitative estimate of drug-likeness (QED) is 0.298. The third-order valence-electron chi connectivity index (χ3n) is 4.84. The van der Waals surface area contributed by atoms with E-state index in [1.165, 1.54) is 19.3 Å². The molecule has 3 atom stereocenters. The van der Waals surface area contributed by atoms with E-state index in [4.69, 9.17) is 0 Å². The molecule has 0 unspecified atom stereocenters. The monoisotopic (exact) mass is 366 g/mol. The van der Waals surface area contributed by atoms with Crippen molar-refractivity contribution in [3.8, 4) is 0 Å². The summed E-state index contributed by atoms with van der Waals surface area (Å²) in [4.78, 5) is 11.3. The lowest BCUT2D eigenvalue weighted by molar-refractivity contribution is -0.135. The molecular formula is C22H38O4. The molecule has 0 aliphatic rings. The van der Waals surface area contributed by atoms with Crippen LogP contribution < -0.4 is 0 Å². The summed E-state index contributed by atoms with van der Waals surface area (Å²) in [6, 6.07) is 0. The van der Waals surface area contributed by atoms with E-state index in [1.807, 2.05) is 26.8 Å². The van der Waals surface area contributed by atoms with E-state index in [2.05, 4.69) is 30.7 Å². The normalized spacial score (nSPS) is 18.7. The van der Waals surface area contributed by atoms with Crippen molar-refractivity contribution in [3.63, 3.8) is 0 Å². The summed E-state index contributed by atoms with van der Waals surface area (Å²) in [5.41, 5.74) is -1.28. The number of rotatable bonds is 12. The molecule has 0 aromatic rings. The zero-order chi connectivity index (χ0) is 20.2. The minimum atomic E-state index is -1.26. The van der Waals surface area contributed by atoms with Crippen LogP contribution in [0.5, 0.6) is 0 Å². The zero-order valence-electron chi connectivity index (χ0n) is 17.4. The Bertz CT molecular complexity index is 506. The molecule has 26 heavy (non-hydrogen) atoms. The molecule has 0 aromatic carbocycles. The molecular weight excluding hydrogens is 328 g/mol. The number of methoxy groups -OCH3 is 1. The fourth-order valence-corrected chi connectivity index (χ4v) is 3.01. The molecule has 0 aliphatic heterocycles. The van der Waals surface area contributed by atoms with Crippen molar-refractivity contribution in [2.45, 2.75) is 84.3 Å². The summed E-state index contributed by atoms with van der Waals surface area (Å²) in [5.74, 6) is -0.0614. The van der Waals surface area contributed by atoms with Crippen LogP contribution in [0.1, 0.15) is 73.1 Å². The molecule has 0 spiro atoms. The Balaban J connectivity index is 5.31. The molecule has 0 bridgehead atoms. The maximum absolute atomic E-state index is 11.3. The molecule has 0 saturated carbocycles. The Labute approximate surface area is 159 Å². The van der Waals surface area contributed by atoms with Crippen molar-refractivity contribution < 1.29 is 19.7 Å². The highest BCUT2D eigenvalue weighted by molar-refractivity contribution is 5.81. The fourth-order valence-electron chi connectivity index (χ4n) is 3.01. The lowest BCUT2D eigenvalue weighted by Crippen LogP contribution is -2.38. The number of aliphatic hydroxyl groups is 2. The van der Waals surface area contributed by atoms with Crippen LogP contribution >= 0.6 is 0 Å². The Morgan fingerprint density at radius 2 is 1.73 bits per heavy atom. The van der Waals surface area contributed by atoms with Gasteiger partial charge in [0.05, 0.1) is 18.3 Å². The van der Waals surface area contributed by atoms with Gasteiger partial charge in [-0.1, -0.05) is 51.5 Å². The Hall–Kier alpha value is -1.39. The smallest absolute Gasteiger partial charge is 0.330 e. The van der Waals surface area contributed by atoms with Crippen LogP contribution in [-0.2, 0) is 9.53 Å². The Morgan fingerprint density at radius 1 is 1.12 bits per heavy atom. The van der Waals surface area contributed by atoms with Crippen molar-refractivity contribution in [1.82, 2.24) is 0 Å². The van der Waals surface area contributed by atoms with E-state index in [9.17, 15) is 15.0 Å². The van der Waals surface area contributed by atoms with E-state index in [0.29, 0.717) is 18.8 Å². The summed E-state index contributed by atoms with van der Waals surface area (Å²) in [6.07, 6.45) is 12.9. The van der Waals surface area contributed by atoms with Gasteiger partial charge in [0.2, 0.25) is 0 Å². The first-order valence-electron chi connectivity index (χ1n) is 9.74. The number of hydrogen-bond donors (Lipinski definition) is 2. The van der Waals surface area contributed by atoms with Gasteiger partial charge in [0.15, 0.2) is 0 Å². The van der Waals surface area contributed by atoms with Crippen LogP contribution in [0.25, 0.3) is 0 Å². The van der Waals surface area contributed by atoms with Crippen LogP contribution in [0.2, 0.25) is 0 Å². The summed E-state index contributed by atoms with van der Waals surface area (Å²) >= 11 is 0. The highest BCUT2D eigenvalue weighted by atomic mass is 16.5. The van der Waals surface area contributed by atoms with E-state index < -0.39 is 17.2 Å². The predicted molar refractivity (Wildman–Crippen MR) is 108 cm³/mol. The van der Waals surface area contributed by atoms with Gasteiger partial charge in [-0.3, -0.25) is 0 Å². The maximum atomic E-state index is 11.3. The third kappa shape index (κ3) is 9.35. The number of ether oxygens (including phenoxy) is 1. The van der Waals surface area contributed by atoms with Gasteiger partial charge < -0.3 is 14.9 Å². The Kier molecular flexibility index (Phi) is 11.4. The Morgan fingerprint density at radius 3 is 2.19 bits per heavy atom. The predicted octanol–water partition coefficient (Wildman–Crippen LogP) is 4.72. The second kappa shape index (κ2) is 12.1. The van der Waals surface area contributed by atoms with Gasteiger partial charge in [0.1, 0.15) is 0 Å². The first kappa shape index (κ1) is 24.6. The molecule has 0 aromatic heterocycles. The van der Waals surface area contributed by atoms with Crippen LogP contribution in [0, 0.1) is 5.92 Å². The fraction of sp³-hybridized carbons (Fsp3) is 0.682. The van der Waals surface area contributed by atoms with Crippen molar-refractivity contribution in [1.29, 1.82) is 0 Å². The van der Waals surface area contributed by atoms with Gasteiger partial charge in [-0.25, -0.2) is 4.79 Å². The molecule has 4 heteroatoms. The standard InChI is InChI=1S/C22H38O4/c1-7-11-12-19(8-2)15-18(5)16-22(25,10-4)17-21(24,9-3)14-13-20(23)26-6/h11-14,16,19,24-25H,7-10,15,17H2,1-6H3/b12-11+,14-13+,18-16+/t19-,21+,22-/m0/s1. The van der Waals surface area contributed by atoms with E-state index >= 15 is 0 Å². The van der Waals surface area contributed by atoms with Gasteiger partial charge in [0.25, 0.3) is 0 Å². The average Bonchev–Trinajstić information content (AvgIpc) is 2.62. The first-order chi connectivity index (χ1) is 12.2. The number of carbonyl (C=O) groups excluding carboxylic acids is 1. The summed E-state index contributed by atoms with van der Waals surface area (Å²) in [5, 5.41) is 21.8. The van der Waals surface area contributed by atoms with Crippen molar-refractivity contribution >= 4 is 5.97 Å². The first-order valence-corrected chi connectivity index (χ1v) is 9.74. The summed E-state index contributed by atoms with van der Waals surface area (Å²) < 4.78 is 4.58. The molecule has 4 nitrogen and oxygen atoms in total. The molecule has 0 aliphatic carbocycles. The second-order valence-electron chi connectivity index (χ2n) is 7.15. The lowest BCUT2D eigenvalue weighted by atomic mass is 9.81. The van der Waals surface area contributed by atoms with Crippen LogP contribution in [-0.4, -0.2) is 34.5 Å². The van der Waals surface area contributed by atoms with Crippen LogP contribution in [0.4, 0.5) is 0 Å². The van der Waals surface area contributed by atoms with Crippen LogP contribution in [0.3, 0.4) is 0 Å². The number of esters is 1. The SMILES string of the molecule is CC/C=C/[C@H](CC)C/C(C)=C/[C@@](O)(CC)C[C@](O)(/C=C/C(=O)OC)CC. The average molecular weight is 367 g/mol. The number of allylic oxidation sites excluding steroid dienone is 3. The molecule has 0 fully saturated rings. The molecule has 0 heterocycles. The second-order valence-corrected chi connectivity index (χ2v) is 7.15. The summed E-state index contributed by atoms with van der Waals surface area (Å²) in [7, 11) is 1.29. The van der Waals surface area contributed by atoms with Crippen molar-refractivity contribution in [2.75, 3.05) is 7.11 Å². The highest BCUT2D eigenvalue weighted by Gasteiger charge is 2.34. The highest BCUT2D eigenvalue weighted by Crippen LogP contribution is 2.31. The van der Waals surface area contributed by atoms with E-state index in [1.54, 1.807) is 0 Å². The van der Waals surface area contributed by atoms with Gasteiger partial charge in [-0.05, 0) is 51.0 Å². The molecule has 0 amide bonds. The number of hydrogen-bond acceptors (Lipinski definition) is 4. The van der Waals surface area contributed by atoms with Gasteiger partial charge >= 0.3 is 5.97 Å². The van der Waals surface area contributed by atoms with E-state index in [-0.39, 0.29) is 6.42 Å².